The number of rotatable bonds is 5. The summed E-state index contributed by atoms with van der Waals surface area (Å²) in [6.45, 7) is 0. The zero-order chi connectivity index (χ0) is 18.5. The molecule has 0 spiro atoms. The molecule has 0 fully saturated rings. The van der Waals surface area contributed by atoms with Gasteiger partial charge in [0.15, 0.2) is 0 Å². The smallest absolute Gasteiger partial charge is 0.275 e. The third-order valence-electron chi connectivity index (χ3n) is 3.43. The molecule has 1 amide bonds. The van der Waals surface area contributed by atoms with Gasteiger partial charge in [0.05, 0.1) is 25.2 Å². The molecular formula is C18H14F2N4O2. The predicted octanol–water partition coefficient (Wildman–Crippen LogP) is 3.76. The number of benzene rings is 2. The van der Waals surface area contributed by atoms with Gasteiger partial charge in [0, 0.05) is 11.8 Å². The molecule has 0 saturated carbocycles. The van der Waals surface area contributed by atoms with Crippen molar-refractivity contribution in [2.24, 2.45) is 0 Å². The highest BCUT2D eigenvalue weighted by Crippen LogP contribution is 2.19. The van der Waals surface area contributed by atoms with Crippen LogP contribution in [0.15, 0.2) is 54.9 Å². The molecule has 3 aromatic rings. The van der Waals surface area contributed by atoms with Crippen LogP contribution in [-0.2, 0) is 0 Å². The minimum absolute atomic E-state index is 0.00555. The van der Waals surface area contributed by atoms with Crippen LogP contribution in [-0.4, -0.2) is 23.0 Å². The molecule has 0 radical (unpaired) electrons. The van der Waals surface area contributed by atoms with E-state index in [2.05, 4.69) is 20.6 Å². The van der Waals surface area contributed by atoms with E-state index in [-0.39, 0.29) is 11.4 Å². The molecule has 26 heavy (non-hydrogen) atoms. The SMILES string of the molecule is COc1ccc(Nc2cnc(C(=O)Nc3ccc(F)cc3F)cn2)cc1. The summed E-state index contributed by atoms with van der Waals surface area (Å²) in [5.74, 6) is -1.10. The van der Waals surface area contributed by atoms with Crippen LogP contribution in [0.1, 0.15) is 10.5 Å². The number of carbonyl (C=O) groups excluding carboxylic acids is 1. The van der Waals surface area contributed by atoms with Crippen LogP contribution in [0.4, 0.5) is 26.0 Å². The predicted molar refractivity (Wildman–Crippen MR) is 92.6 cm³/mol. The topological polar surface area (TPSA) is 76.1 Å². The first-order chi connectivity index (χ1) is 12.5. The maximum Gasteiger partial charge on any atom is 0.275 e. The van der Waals surface area contributed by atoms with Gasteiger partial charge in [-0.3, -0.25) is 4.79 Å². The van der Waals surface area contributed by atoms with Crippen molar-refractivity contribution in [2.45, 2.75) is 0 Å². The molecule has 0 atom stereocenters. The minimum Gasteiger partial charge on any atom is -0.497 e. The van der Waals surface area contributed by atoms with E-state index in [4.69, 9.17) is 4.74 Å². The lowest BCUT2D eigenvalue weighted by molar-refractivity contribution is 0.102. The van der Waals surface area contributed by atoms with Crippen LogP contribution >= 0.6 is 0 Å². The second-order valence-corrected chi connectivity index (χ2v) is 5.22. The molecule has 0 saturated heterocycles. The quantitative estimate of drug-likeness (QED) is 0.728. The lowest BCUT2D eigenvalue weighted by Gasteiger charge is -2.08. The van der Waals surface area contributed by atoms with E-state index in [0.29, 0.717) is 11.9 Å². The van der Waals surface area contributed by atoms with E-state index in [1.807, 2.05) is 0 Å². The Morgan fingerprint density at radius 3 is 2.42 bits per heavy atom. The van der Waals surface area contributed by atoms with E-state index in [9.17, 15) is 13.6 Å². The summed E-state index contributed by atoms with van der Waals surface area (Å²) in [7, 11) is 1.58. The van der Waals surface area contributed by atoms with E-state index in [1.54, 1.807) is 31.4 Å². The highest BCUT2D eigenvalue weighted by molar-refractivity contribution is 6.02. The van der Waals surface area contributed by atoms with Gasteiger partial charge in [0.25, 0.3) is 5.91 Å². The highest BCUT2D eigenvalue weighted by Gasteiger charge is 2.12. The Kier molecular flexibility index (Phi) is 5.02. The molecule has 3 rings (SSSR count). The second kappa shape index (κ2) is 7.56. The Morgan fingerprint density at radius 1 is 1.04 bits per heavy atom. The number of hydrogen-bond donors (Lipinski definition) is 2. The second-order valence-electron chi connectivity index (χ2n) is 5.22. The summed E-state index contributed by atoms with van der Waals surface area (Å²) in [6.07, 6.45) is 2.63. The molecule has 6 nitrogen and oxygen atoms in total. The van der Waals surface area contributed by atoms with Gasteiger partial charge in [-0.05, 0) is 36.4 Å². The van der Waals surface area contributed by atoms with Crippen molar-refractivity contribution < 1.29 is 18.3 Å². The van der Waals surface area contributed by atoms with Crippen molar-refractivity contribution in [1.29, 1.82) is 0 Å². The maximum absolute atomic E-state index is 13.6. The van der Waals surface area contributed by atoms with Gasteiger partial charge in [0.1, 0.15) is 28.9 Å². The average Bonchev–Trinajstić information content (AvgIpc) is 2.65. The fraction of sp³-hybridized carbons (Fsp3) is 0.0556. The molecule has 0 aliphatic carbocycles. The number of nitrogens with one attached hydrogen (secondary N) is 2. The van der Waals surface area contributed by atoms with Gasteiger partial charge >= 0.3 is 0 Å². The first-order valence-electron chi connectivity index (χ1n) is 7.54. The van der Waals surface area contributed by atoms with Gasteiger partial charge in [0.2, 0.25) is 0 Å². The molecule has 1 aromatic heterocycles. The number of halogens is 2. The van der Waals surface area contributed by atoms with Crippen molar-refractivity contribution in [1.82, 2.24) is 9.97 Å². The number of aromatic nitrogens is 2. The molecule has 1 heterocycles. The summed E-state index contributed by atoms with van der Waals surface area (Å²) in [4.78, 5) is 20.2. The first-order valence-corrected chi connectivity index (χ1v) is 7.54. The van der Waals surface area contributed by atoms with Gasteiger partial charge in [-0.1, -0.05) is 0 Å². The molecule has 0 bridgehead atoms. The molecule has 0 aliphatic rings. The molecule has 8 heteroatoms. The monoisotopic (exact) mass is 356 g/mol. The summed E-state index contributed by atoms with van der Waals surface area (Å²) in [6, 6.07) is 10.0. The van der Waals surface area contributed by atoms with Crippen LogP contribution < -0.4 is 15.4 Å². The summed E-state index contributed by atoms with van der Waals surface area (Å²) < 4.78 is 31.5. The third kappa shape index (κ3) is 4.10. The number of ether oxygens (including phenoxy) is 1. The fourth-order valence-corrected chi connectivity index (χ4v) is 2.11. The van der Waals surface area contributed by atoms with Crippen LogP contribution in [0.3, 0.4) is 0 Å². The lowest BCUT2D eigenvalue weighted by Crippen LogP contribution is -2.15. The molecule has 2 N–H and O–H groups in total. The molecule has 132 valence electrons. The Hall–Kier alpha value is -3.55. The van der Waals surface area contributed by atoms with Crippen LogP contribution in [0, 0.1) is 11.6 Å². The van der Waals surface area contributed by atoms with E-state index < -0.39 is 17.5 Å². The zero-order valence-electron chi connectivity index (χ0n) is 13.7. The Morgan fingerprint density at radius 2 is 1.81 bits per heavy atom. The molecular weight excluding hydrogens is 342 g/mol. The van der Waals surface area contributed by atoms with E-state index >= 15 is 0 Å². The average molecular weight is 356 g/mol. The summed E-state index contributed by atoms with van der Waals surface area (Å²) in [5, 5.41) is 5.34. The van der Waals surface area contributed by atoms with Gasteiger partial charge in [-0.25, -0.2) is 18.7 Å². The van der Waals surface area contributed by atoms with Gasteiger partial charge in [-0.15, -0.1) is 0 Å². The number of methoxy groups -OCH3 is 1. The van der Waals surface area contributed by atoms with Crippen LogP contribution in [0.2, 0.25) is 0 Å². The summed E-state index contributed by atoms with van der Waals surface area (Å²) >= 11 is 0. The molecule has 0 aliphatic heterocycles. The molecule has 0 unspecified atom stereocenters. The molecule has 2 aromatic carbocycles. The number of amides is 1. The normalized spacial score (nSPS) is 10.3. The van der Waals surface area contributed by atoms with Crippen LogP contribution in [0.25, 0.3) is 0 Å². The lowest BCUT2D eigenvalue weighted by atomic mass is 10.3. The van der Waals surface area contributed by atoms with Crippen LogP contribution in [0.5, 0.6) is 5.75 Å². The maximum atomic E-state index is 13.6. The first kappa shape index (κ1) is 17.3. The van der Waals surface area contributed by atoms with Crippen molar-refractivity contribution in [3.8, 4) is 5.75 Å². The minimum atomic E-state index is -0.871. The number of hydrogen-bond acceptors (Lipinski definition) is 5. The Labute approximate surface area is 147 Å². The van der Waals surface area contributed by atoms with Gasteiger partial charge < -0.3 is 15.4 Å². The Balaban J connectivity index is 1.67. The zero-order valence-corrected chi connectivity index (χ0v) is 13.7. The number of nitrogens with zero attached hydrogens (tertiary/aromatic N) is 2. The van der Waals surface area contributed by atoms with Crippen molar-refractivity contribution in [2.75, 3.05) is 17.7 Å². The van der Waals surface area contributed by atoms with Crippen molar-refractivity contribution in [3.63, 3.8) is 0 Å². The van der Waals surface area contributed by atoms with E-state index in [0.717, 1.165) is 23.6 Å². The third-order valence-corrected chi connectivity index (χ3v) is 3.43. The van der Waals surface area contributed by atoms with E-state index in [1.165, 1.54) is 12.4 Å². The number of anilines is 3. The highest BCUT2D eigenvalue weighted by atomic mass is 19.1. The van der Waals surface area contributed by atoms with Gasteiger partial charge in [-0.2, -0.15) is 0 Å². The standard InChI is InChI=1S/C18H14F2N4O2/c1-26-13-5-3-12(4-6-13)23-17-10-21-16(9-22-17)18(25)24-15-7-2-11(19)8-14(15)20/h2-10H,1H3,(H,22,23)(H,24,25). The van der Waals surface area contributed by atoms with Crippen molar-refractivity contribution >= 4 is 23.1 Å². The van der Waals surface area contributed by atoms with Crippen molar-refractivity contribution in [3.05, 3.63) is 72.2 Å². The Bertz CT molecular complexity index is 915. The number of carbonyl (C=O) groups is 1. The largest absolute Gasteiger partial charge is 0.497 e. The fourth-order valence-electron chi connectivity index (χ4n) is 2.11. The summed E-state index contributed by atoms with van der Waals surface area (Å²) in [5.41, 5.74) is 0.623.